The monoisotopic (exact) mass is 280 g/mol. The topological polar surface area (TPSA) is 72.8 Å². The molecule has 0 rings (SSSR count). The summed E-state index contributed by atoms with van der Waals surface area (Å²) < 4.78 is 28.9. The van der Waals surface area contributed by atoms with E-state index in [1.165, 1.54) is 0 Å². The van der Waals surface area contributed by atoms with E-state index in [2.05, 4.69) is 10.8 Å². The lowest BCUT2D eigenvalue weighted by molar-refractivity contribution is -0.890. The first-order valence-corrected chi connectivity index (χ1v) is 6.66. The predicted octanol–water partition coefficient (Wildman–Crippen LogP) is 0.726. The number of likely N-dealkylation sites (N-methyl/N-ethyl adjacent to an activating group) is 1. The molecule has 1 unspecified atom stereocenters. The third-order valence-electron chi connectivity index (χ3n) is 2.37. The number of carbonyl (C=O) groups is 1. The number of quaternary nitrogens is 1. The van der Waals surface area contributed by atoms with Crippen LogP contribution in [0, 0.1) is 0 Å². The average molecular weight is 280 g/mol. The number of esters is 1. The van der Waals surface area contributed by atoms with Gasteiger partial charge in [-0.25, -0.2) is 4.79 Å². The Labute approximate surface area is 111 Å². The molecule has 0 amide bonds. The zero-order valence-electron chi connectivity index (χ0n) is 11.2. The first kappa shape index (κ1) is 17.2. The van der Waals surface area contributed by atoms with Crippen molar-refractivity contribution in [3.05, 3.63) is 12.2 Å². The Kier molecular flexibility index (Phi) is 8.01. The summed E-state index contributed by atoms with van der Waals surface area (Å²) >= 11 is -2.20. The fourth-order valence-corrected chi connectivity index (χ4v) is 1.50. The lowest BCUT2D eigenvalue weighted by Crippen LogP contribution is -2.43. The van der Waals surface area contributed by atoms with E-state index in [1.807, 2.05) is 14.1 Å². The number of hydrogen-bond acceptors (Lipinski definition) is 4. The Bertz CT molecular complexity index is 317. The number of ether oxygens (including phenoxy) is 1. The second-order valence-electron chi connectivity index (χ2n) is 4.69. The third kappa shape index (κ3) is 9.29. The van der Waals surface area contributed by atoms with Crippen molar-refractivity contribution in [1.82, 2.24) is 0 Å². The average Bonchev–Trinajstić information content (AvgIpc) is 2.23. The van der Waals surface area contributed by atoms with Gasteiger partial charge in [-0.2, -0.15) is 4.21 Å². The minimum Gasteiger partial charge on any atom is -0.456 e. The molecule has 0 aliphatic rings. The Morgan fingerprint density at radius 2 is 1.94 bits per heavy atom. The lowest BCUT2D eigenvalue weighted by atomic mass is 10.3. The summed E-state index contributed by atoms with van der Waals surface area (Å²) in [6.45, 7) is 7.10. The smallest absolute Gasteiger partial charge is 0.333 e. The Hall–Kier alpha value is -0.760. The molecule has 0 aromatic carbocycles. The van der Waals surface area contributed by atoms with Gasteiger partial charge in [0, 0.05) is 12.0 Å². The van der Waals surface area contributed by atoms with E-state index in [0.717, 1.165) is 6.54 Å². The van der Waals surface area contributed by atoms with Crippen molar-refractivity contribution in [2.24, 2.45) is 0 Å². The van der Waals surface area contributed by atoms with Crippen molar-refractivity contribution < 1.29 is 27.0 Å². The van der Waals surface area contributed by atoms with Crippen molar-refractivity contribution in [1.29, 1.82) is 0 Å². The second-order valence-corrected chi connectivity index (χ2v) is 5.36. The molecular formula is C11H22NO5S+. The van der Waals surface area contributed by atoms with Gasteiger partial charge in [0.1, 0.15) is 13.2 Å². The van der Waals surface area contributed by atoms with Gasteiger partial charge in [0.15, 0.2) is 0 Å². The largest absolute Gasteiger partial charge is 0.456 e. The number of carbonyl (C=O) groups excluding carboxylic acids is 1. The molecule has 0 heterocycles. The van der Waals surface area contributed by atoms with Gasteiger partial charge in [-0.1, -0.05) is 6.58 Å². The molecule has 18 heavy (non-hydrogen) atoms. The molecule has 0 saturated carbocycles. The highest BCUT2D eigenvalue weighted by molar-refractivity contribution is 7.74. The first-order chi connectivity index (χ1) is 8.24. The molecule has 1 N–H and O–H groups in total. The third-order valence-corrected chi connectivity index (χ3v) is 2.74. The number of nitrogens with zero attached hydrogens (tertiary/aromatic N) is 1. The summed E-state index contributed by atoms with van der Waals surface area (Å²) in [5, 5.41) is 0. The fourth-order valence-electron chi connectivity index (χ4n) is 1.24. The molecule has 0 aromatic rings. The van der Waals surface area contributed by atoms with Crippen molar-refractivity contribution in [3.63, 3.8) is 0 Å². The van der Waals surface area contributed by atoms with Crippen molar-refractivity contribution in [2.45, 2.75) is 13.3 Å². The van der Waals surface area contributed by atoms with Crippen LogP contribution < -0.4 is 0 Å². The molecule has 0 aliphatic carbocycles. The van der Waals surface area contributed by atoms with Gasteiger partial charge in [0.05, 0.1) is 27.2 Å². The van der Waals surface area contributed by atoms with Crippen LogP contribution in [0.4, 0.5) is 0 Å². The van der Waals surface area contributed by atoms with Crippen LogP contribution in [0.15, 0.2) is 12.2 Å². The highest BCUT2D eigenvalue weighted by Crippen LogP contribution is 2.01. The summed E-state index contributed by atoms with van der Waals surface area (Å²) in [5.41, 5.74) is 0.388. The summed E-state index contributed by atoms with van der Waals surface area (Å²) in [4.78, 5) is 11.2. The summed E-state index contributed by atoms with van der Waals surface area (Å²) in [6, 6.07) is 0. The van der Waals surface area contributed by atoms with Gasteiger partial charge < -0.3 is 9.22 Å². The molecule has 1 atom stereocenters. The van der Waals surface area contributed by atoms with Gasteiger partial charge >= 0.3 is 17.3 Å². The molecule has 0 aliphatic heterocycles. The fraction of sp³-hybridized carbons (Fsp3) is 0.727. The molecule has 0 aromatic heterocycles. The van der Waals surface area contributed by atoms with E-state index in [0.29, 0.717) is 29.6 Å². The van der Waals surface area contributed by atoms with Crippen LogP contribution in [0.2, 0.25) is 0 Å². The van der Waals surface area contributed by atoms with E-state index in [-0.39, 0.29) is 12.6 Å². The molecular weight excluding hydrogens is 258 g/mol. The van der Waals surface area contributed by atoms with Gasteiger partial charge in [-0.15, -0.1) is 0 Å². The van der Waals surface area contributed by atoms with Crippen LogP contribution in [0.3, 0.4) is 0 Å². The van der Waals surface area contributed by atoms with Crippen LogP contribution in [0.5, 0.6) is 0 Å². The minimum absolute atomic E-state index is 0.232. The normalized spacial score (nSPS) is 13.1. The molecule has 106 valence electrons. The Balaban J connectivity index is 3.76. The maximum absolute atomic E-state index is 11.2. The maximum atomic E-state index is 11.2. The molecule has 0 saturated heterocycles. The zero-order chi connectivity index (χ0) is 14.2. The van der Waals surface area contributed by atoms with Crippen molar-refractivity contribution in [2.75, 3.05) is 40.4 Å². The van der Waals surface area contributed by atoms with Crippen LogP contribution in [0.25, 0.3) is 0 Å². The molecule has 0 spiro atoms. The Morgan fingerprint density at radius 1 is 1.33 bits per heavy atom. The van der Waals surface area contributed by atoms with Crippen molar-refractivity contribution in [3.8, 4) is 0 Å². The molecule has 7 heteroatoms. The summed E-state index contributed by atoms with van der Waals surface area (Å²) in [6.07, 6.45) is 0.660. The van der Waals surface area contributed by atoms with Crippen LogP contribution >= 0.6 is 0 Å². The highest BCUT2D eigenvalue weighted by atomic mass is 32.2. The van der Waals surface area contributed by atoms with E-state index in [4.69, 9.17) is 9.29 Å². The number of rotatable bonds is 9. The standard InChI is InChI=1S/C11H21NO5S/c1-10(2)11(13)16-9-7-12(3,4)6-5-8-17-18(14)15/h1,5-9H2,2-4H3/p+1. The van der Waals surface area contributed by atoms with Gasteiger partial charge in [0.25, 0.3) is 0 Å². The van der Waals surface area contributed by atoms with Gasteiger partial charge in [-0.3, -0.25) is 8.74 Å². The molecule has 6 nitrogen and oxygen atoms in total. The van der Waals surface area contributed by atoms with Crippen molar-refractivity contribution >= 4 is 17.3 Å². The van der Waals surface area contributed by atoms with Gasteiger partial charge in [-0.05, 0) is 6.92 Å². The summed E-state index contributed by atoms with van der Waals surface area (Å²) in [5.74, 6) is -0.381. The SMILES string of the molecule is C=C(C)C(=O)OCC[N+](C)(C)CCCOS(=O)O. The highest BCUT2D eigenvalue weighted by Gasteiger charge is 2.16. The van der Waals surface area contributed by atoms with E-state index in [9.17, 15) is 9.00 Å². The maximum Gasteiger partial charge on any atom is 0.333 e. The quantitative estimate of drug-likeness (QED) is 0.221. The molecule has 0 radical (unpaired) electrons. The van der Waals surface area contributed by atoms with E-state index >= 15 is 0 Å². The van der Waals surface area contributed by atoms with Gasteiger partial charge in [0.2, 0.25) is 0 Å². The predicted molar refractivity (Wildman–Crippen MR) is 69.0 cm³/mol. The molecule has 0 fully saturated rings. The van der Waals surface area contributed by atoms with Crippen LogP contribution in [-0.2, 0) is 25.1 Å². The minimum atomic E-state index is -2.20. The van der Waals surface area contributed by atoms with Crippen LogP contribution in [-0.4, -0.2) is 59.6 Å². The molecule has 0 bridgehead atoms. The Morgan fingerprint density at radius 3 is 2.44 bits per heavy atom. The lowest BCUT2D eigenvalue weighted by Gasteiger charge is -2.29. The second kappa shape index (κ2) is 8.36. The van der Waals surface area contributed by atoms with E-state index in [1.54, 1.807) is 6.92 Å². The van der Waals surface area contributed by atoms with E-state index < -0.39 is 11.4 Å². The summed E-state index contributed by atoms with van der Waals surface area (Å²) in [7, 11) is 3.98. The number of hydrogen-bond donors (Lipinski definition) is 1. The van der Waals surface area contributed by atoms with Crippen LogP contribution in [0.1, 0.15) is 13.3 Å². The first-order valence-electron chi connectivity index (χ1n) is 5.63. The zero-order valence-corrected chi connectivity index (χ0v) is 12.0.